The van der Waals surface area contributed by atoms with E-state index >= 15 is 0 Å². The van der Waals surface area contributed by atoms with Gasteiger partial charge in [0.2, 0.25) is 0 Å². The number of benzene rings is 1. The van der Waals surface area contributed by atoms with E-state index in [9.17, 15) is 9.18 Å². The Kier molecular flexibility index (Phi) is 5.02. The second-order valence-electron chi connectivity index (χ2n) is 9.37. The second kappa shape index (κ2) is 8.09. The van der Waals surface area contributed by atoms with Gasteiger partial charge in [-0.05, 0) is 44.7 Å². The van der Waals surface area contributed by atoms with Gasteiger partial charge in [-0.25, -0.2) is 9.37 Å². The van der Waals surface area contributed by atoms with Crippen molar-refractivity contribution < 1.29 is 9.18 Å². The van der Waals surface area contributed by atoms with Crippen LogP contribution in [0.3, 0.4) is 0 Å². The number of carbonyl (C=O) groups is 1. The number of hydrogen-bond donors (Lipinski definition) is 2. The van der Waals surface area contributed by atoms with Gasteiger partial charge in [0, 0.05) is 68.0 Å². The van der Waals surface area contributed by atoms with E-state index in [1.807, 2.05) is 29.9 Å². The Morgan fingerprint density at radius 3 is 2.91 bits per heavy atom. The third kappa shape index (κ3) is 3.69. The minimum atomic E-state index is -0.481. The maximum atomic E-state index is 14.5. The third-order valence-electron chi connectivity index (χ3n) is 6.89. The predicted molar refractivity (Wildman–Crippen MR) is 130 cm³/mol. The molecular weight excluding hydrogens is 433 g/mol. The minimum Gasteiger partial charge on any atom is -0.368 e. The molecule has 1 saturated carbocycles. The van der Waals surface area contributed by atoms with Gasteiger partial charge in [-0.2, -0.15) is 5.10 Å². The molecular formula is C25H28FN7O. The van der Waals surface area contributed by atoms with Crippen molar-refractivity contribution in [3.05, 3.63) is 53.9 Å². The van der Waals surface area contributed by atoms with E-state index < -0.39 is 5.82 Å². The highest BCUT2D eigenvalue weighted by molar-refractivity contribution is 6.13. The van der Waals surface area contributed by atoms with E-state index in [2.05, 4.69) is 20.5 Å². The summed E-state index contributed by atoms with van der Waals surface area (Å²) in [5.41, 5.74) is 3.57. The van der Waals surface area contributed by atoms with Gasteiger partial charge >= 0.3 is 0 Å². The van der Waals surface area contributed by atoms with Crippen molar-refractivity contribution in [2.45, 2.75) is 39.3 Å². The summed E-state index contributed by atoms with van der Waals surface area (Å²) in [5, 5.41) is 12.2. The fraction of sp³-hybridized carbons (Fsp3) is 0.400. The van der Waals surface area contributed by atoms with E-state index in [1.165, 1.54) is 18.9 Å². The van der Waals surface area contributed by atoms with Crippen molar-refractivity contribution >= 4 is 33.8 Å². The largest absolute Gasteiger partial charge is 0.368 e. The molecule has 2 N–H and O–H groups in total. The molecule has 4 aromatic rings. The summed E-state index contributed by atoms with van der Waals surface area (Å²) in [6, 6.07) is 5.68. The van der Waals surface area contributed by atoms with Gasteiger partial charge in [0.1, 0.15) is 5.52 Å². The summed E-state index contributed by atoms with van der Waals surface area (Å²) in [6.45, 7) is 7.39. The Bertz CT molecular complexity index is 1400. The molecule has 1 aliphatic heterocycles. The average Bonchev–Trinajstić information content (AvgIpc) is 3.47. The Morgan fingerprint density at radius 1 is 1.26 bits per heavy atom. The van der Waals surface area contributed by atoms with Gasteiger partial charge < -0.3 is 19.9 Å². The van der Waals surface area contributed by atoms with Crippen molar-refractivity contribution in [3.8, 4) is 0 Å². The lowest BCUT2D eigenvalue weighted by Gasteiger charge is -2.36. The molecule has 1 aliphatic carbocycles. The average molecular weight is 462 g/mol. The monoisotopic (exact) mass is 461 g/mol. The molecule has 9 heteroatoms. The zero-order valence-corrected chi connectivity index (χ0v) is 19.4. The van der Waals surface area contributed by atoms with Gasteiger partial charge in [0.25, 0.3) is 5.91 Å². The molecule has 1 aromatic carbocycles. The van der Waals surface area contributed by atoms with E-state index in [1.54, 1.807) is 23.7 Å². The van der Waals surface area contributed by atoms with Crippen LogP contribution in [0.1, 0.15) is 35.8 Å². The standard InChI is InChI=1S/C25H28FN7O/c1-3-33-13-19-22(31-9-8-27-21(14-31)16-4-5-16)7-6-18(23(19)30-33)25(34)29-17-10-20(26)24-28-15(2)11-32(24)12-17/h6-7,10-13,16,21,27H,3-5,8-9,14H2,1-2H3,(H,29,34)/t21-/m0/s1. The van der Waals surface area contributed by atoms with E-state index in [-0.39, 0.29) is 11.6 Å². The number of nitrogens with one attached hydrogen (secondary N) is 2. The quantitative estimate of drug-likeness (QED) is 0.475. The first-order valence-electron chi connectivity index (χ1n) is 11.9. The van der Waals surface area contributed by atoms with E-state index in [4.69, 9.17) is 5.10 Å². The van der Waals surface area contributed by atoms with Crippen molar-refractivity contribution in [3.63, 3.8) is 0 Å². The first-order chi connectivity index (χ1) is 16.5. The summed E-state index contributed by atoms with van der Waals surface area (Å²) in [7, 11) is 0. The first-order valence-corrected chi connectivity index (χ1v) is 11.9. The predicted octanol–water partition coefficient (Wildman–Crippen LogP) is 3.59. The number of carbonyl (C=O) groups excluding carboxylic acids is 1. The van der Waals surface area contributed by atoms with Crippen LogP contribution in [0, 0.1) is 18.7 Å². The number of aromatic nitrogens is 4. The maximum absolute atomic E-state index is 14.5. The lowest BCUT2D eigenvalue weighted by molar-refractivity contribution is 0.102. The number of anilines is 2. The molecule has 0 spiro atoms. The lowest BCUT2D eigenvalue weighted by atomic mass is 10.1. The fourth-order valence-corrected chi connectivity index (χ4v) is 5.02. The summed E-state index contributed by atoms with van der Waals surface area (Å²) in [6.07, 6.45) is 8.03. The zero-order chi connectivity index (χ0) is 23.4. The van der Waals surface area contributed by atoms with Crippen LogP contribution in [0.5, 0.6) is 0 Å². The molecule has 3 aromatic heterocycles. The molecule has 8 nitrogen and oxygen atoms in total. The molecule has 2 aliphatic rings. The topological polar surface area (TPSA) is 79.5 Å². The van der Waals surface area contributed by atoms with Crippen LogP contribution in [0.4, 0.5) is 15.8 Å². The first kappa shape index (κ1) is 21.1. The number of hydrogen-bond acceptors (Lipinski definition) is 5. The second-order valence-corrected chi connectivity index (χ2v) is 9.37. The lowest BCUT2D eigenvalue weighted by Crippen LogP contribution is -2.51. The molecule has 34 heavy (non-hydrogen) atoms. The highest BCUT2D eigenvalue weighted by Gasteiger charge is 2.34. The number of aryl methyl sites for hydroxylation is 2. The highest BCUT2D eigenvalue weighted by Crippen LogP contribution is 2.36. The number of pyridine rings is 1. The normalized spacial score (nSPS) is 18.7. The van der Waals surface area contributed by atoms with Gasteiger partial charge in [-0.1, -0.05) is 0 Å². The SMILES string of the molecule is CCn1cc2c(N3CCN[C@H](C4CC4)C3)ccc(C(=O)Nc3cc(F)c4nc(C)cn4c3)c2n1. The molecule has 6 rings (SSSR count). The Balaban J connectivity index is 1.34. The minimum absolute atomic E-state index is 0.240. The van der Waals surface area contributed by atoms with Gasteiger partial charge in [0.15, 0.2) is 11.5 Å². The van der Waals surface area contributed by atoms with Crippen LogP contribution in [0.15, 0.2) is 36.8 Å². The summed E-state index contributed by atoms with van der Waals surface area (Å²) in [5.74, 6) is -0.0195. The van der Waals surface area contributed by atoms with Crippen LogP contribution >= 0.6 is 0 Å². The fourth-order valence-electron chi connectivity index (χ4n) is 5.02. The number of imidazole rings is 1. The summed E-state index contributed by atoms with van der Waals surface area (Å²) >= 11 is 0. The molecule has 1 saturated heterocycles. The summed E-state index contributed by atoms with van der Waals surface area (Å²) < 4.78 is 18.0. The molecule has 1 amide bonds. The summed E-state index contributed by atoms with van der Waals surface area (Å²) in [4.78, 5) is 19.9. The third-order valence-corrected chi connectivity index (χ3v) is 6.89. The van der Waals surface area contributed by atoms with E-state index in [0.29, 0.717) is 35.0 Å². The van der Waals surface area contributed by atoms with Gasteiger partial charge in [-0.15, -0.1) is 0 Å². The Morgan fingerprint density at radius 2 is 2.12 bits per heavy atom. The molecule has 0 bridgehead atoms. The van der Waals surface area contributed by atoms with Crippen molar-refractivity contribution in [1.29, 1.82) is 0 Å². The van der Waals surface area contributed by atoms with Crippen molar-refractivity contribution in [2.24, 2.45) is 5.92 Å². The number of amides is 1. The molecule has 1 atom stereocenters. The maximum Gasteiger partial charge on any atom is 0.257 e. The van der Waals surface area contributed by atoms with E-state index in [0.717, 1.165) is 36.6 Å². The molecule has 4 heterocycles. The number of fused-ring (bicyclic) bond motifs is 2. The zero-order valence-electron chi connectivity index (χ0n) is 19.4. The van der Waals surface area contributed by atoms with Crippen LogP contribution in [0.25, 0.3) is 16.6 Å². The van der Waals surface area contributed by atoms with Crippen molar-refractivity contribution in [1.82, 2.24) is 24.5 Å². The number of rotatable bonds is 5. The van der Waals surface area contributed by atoms with Gasteiger partial charge in [-0.3, -0.25) is 9.48 Å². The van der Waals surface area contributed by atoms with Crippen LogP contribution in [0.2, 0.25) is 0 Å². The Labute approximate surface area is 196 Å². The van der Waals surface area contributed by atoms with Gasteiger partial charge in [0.05, 0.1) is 16.9 Å². The molecule has 176 valence electrons. The number of halogens is 1. The number of piperazine rings is 1. The van der Waals surface area contributed by atoms with Crippen LogP contribution in [-0.4, -0.2) is 50.7 Å². The van der Waals surface area contributed by atoms with Crippen molar-refractivity contribution in [2.75, 3.05) is 29.9 Å². The molecule has 2 fully saturated rings. The van der Waals surface area contributed by atoms with Crippen LogP contribution < -0.4 is 15.5 Å². The molecule has 0 radical (unpaired) electrons. The number of nitrogens with zero attached hydrogens (tertiary/aromatic N) is 5. The highest BCUT2D eigenvalue weighted by atomic mass is 19.1. The molecule has 0 unspecified atom stereocenters. The smallest absolute Gasteiger partial charge is 0.257 e. The van der Waals surface area contributed by atoms with Crippen LogP contribution in [-0.2, 0) is 6.54 Å². The Hall–Kier alpha value is -3.46.